The van der Waals surface area contributed by atoms with E-state index in [1.54, 1.807) is 7.05 Å². The number of nitrogens with zero attached hydrogens (tertiary/aromatic N) is 2. The highest BCUT2D eigenvalue weighted by Gasteiger charge is 2.29. The van der Waals surface area contributed by atoms with E-state index in [1.165, 1.54) is 12.1 Å². The quantitative estimate of drug-likeness (QED) is 0.348. The second-order valence-corrected chi connectivity index (χ2v) is 7.15. The third-order valence-corrected chi connectivity index (χ3v) is 4.31. The zero-order valence-electron chi connectivity index (χ0n) is 16.6. The van der Waals surface area contributed by atoms with Crippen molar-refractivity contribution in [1.29, 1.82) is 0 Å². The predicted octanol–water partition coefficient (Wildman–Crippen LogP) is 3.35. The molecule has 1 aliphatic heterocycles. The van der Waals surface area contributed by atoms with E-state index in [1.807, 2.05) is 0 Å². The fourth-order valence-electron chi connectivity index (χ4n) is 3.01. The Morgan fingerprint density at radius 2 is 1.93 bits per heavy atom. The van der Waals surface area contributed by atoms with E-state index in [2.05, 4.69) is 34.4 Å². The molecule has 5 nitrogen and oxygen atoms in total. The summed E-state index contributed by atoms with van der Waals surface area (Å²) < 4.78 is 43.6. The van der Waals surface area contributed by atoms with Gasteiger partial charge in [-0.2, -0.15) is 13.2 Å². The van der Waals surface area contributed by atoms with E-state index in [4.69, 9.17) is 4.74 Å². The minimum absolute atomic E-state index is 0. The number of hydrogen-bond acceptors (Lipinski definition) is 3. The number of rotatable bonds is 6. The first kappa shape index (κ1) is 25.0. The van der Waals surface area contributed by atoms with Crippen LogP contribution in [0.3, 0.4) is 0 Å². The Morgan fingerprint density at radius 3 is 2.50 bits per heavy atom. The summed E-state index contributed by atoms with van der Waals surface area (Å²) in [5, 5.41) is 6.34. The summed E-state index contributed by atoms with van der Waals surface area (Å²) in [6.45, 7) is 9.03. The minimum atomic E-state index is -4.31. The van der Waals surface area contributed by atoms with Gasteiger partial charge in [0, 0.05) is 39.8 Å². The zero-order chi connectivity index (χ0) is 19.9. The first-order valence-corrected chi connectivity index (χ1v) is 9.22. The van der Waals surface area contributed by atoms with Crippen LogP contribution in [0.1, 0.15) is 25.0 Å². The number of benzene rings is 1. The van der Waals surface area contributed by atoms with Crippen LogP contribution in [0.15, 0.2) is 29.3 Å². The molecule has 1 aromatic carbocycles. The fourth-order valence-corrected chi connectivity index (χ4v) is 3.01. The number of ether oxygens (including phenoxy) is 1. The Balaban J connectivity index is 0.00000392. The summed E-state index contributed by atoms with van der Waals surface area (Å²) in [6, 6.07) is 5.12. The predicted molar refractivity (Wildman–Crippen MR) is 116 cm³/mol. The van der Waals surface area contributed by atoms with Gasteiger partial charge in [0.2, 0.25) is 0 Å². The normalized spacial score (nSPS) is 18.7. The van der Waals surface area contributed by atoms with Crippen molar-refractivity contribution in [3.05, 3.63) is 35.4 Å². The molecule has 0 aliphatic carbocycles. The van der Waals surface area contributed by atoms with Gasteiger partial charge in [-0.05, 0) is 23.6 Å². The van der Waals surface area contributed by atoms with E-state index in [-0.39, 0.29) is 30.1 Å². The molecule has 0 aromatic heterocycles. The van der Waals surface area contributed by atoms with Gasteiger partial charge >= 0.3 is 6.18 Å². The highest BCUT2D eigenvalue weighted by atomic mass is 127. The molecule has 9 heteroatoms. The molecule has 1 atom stereocenters. The molecule has 2 N–H and O–H groups in total. The van der Waals surface area contributed by atoms with Gasteiger partial charge in [0.25, 0.3) is 0 Å². The Labute approximate surface area is 182 Å². The molecular weight excluding hydrogens is 484 g/mol. The van der Waals surface area contributed by atoms with Crippen LogP contribution < -0.4 is 10.6 Å². The van der Waals surface area contributed by atoms with Crippen molar-refractivity contribution in [3.8, 4) is 0 Å². The van der Waals surface area contributed by atoms with Crippen molar-refractivity contribution in [3.63, 3.8) is 0 Å². The van der Waals surface area contributed by atoms with Crippen LogP contribution in [-0.4, -0.2) is 56.8 Å². The van der Waals surface area contributed by atoms with Crippen molar-refractivity contribution in [2.24, 2.45) is 10.9 Å². The molecule has 28 heavy (non-hydrogen) atoms. The standard InChI is InChI=1S/C19H29F3N4O.HI/c1-14(2)12-26-8-9-27-17(13-26)11-25-18(23-3)24-10-15-4-6-16(7-5-15)19(20,21)22;/h4-7,14,17H,8-13H2,1-3H3,(H2,23,24,25);1H. The van der Waals surface area contributed by atoms with E-state index >= 15 is 0 Å². The summed E-state index contributed by atoms with van der Waals surface area (Å²) >= 11 is 0. The summed E-state index contributed by atoms with van der Waals surface area (Å²) in [6.07, 6.45) is -4.23. The van der Waals surface area contributed by atoms with Crippen LogP contribution in [-0.2, 0) is 17.5 Å². The van der Waals surface area contributed by atoms with E-state index in [0.717, 1.165) is 43.9 Å². The van der Waals surface area contributed by atoms with Crippen LogP contribution >= 0.6 is 24.0 Å². The molecular formula is C19H30F3IN4O. The molecule has 0 bridgehead atoms. The van der Waals surface area contributed by atoms with E-state index < -0.39 is 11.7 Å². The Kier molecular flexibility index (Phi) is 10.5. The summed E-state index contributed by atoms with van der Waals surface area (Å²) in [5.74, 6) is 1.22. The molecule has 0 radical (unpaired) electrons. The molecule has 1 heterocycles. The first-order valence-electron chi connectivity index (χ1n) is 9.22. The van der Waals surface area contributed by atoms with Gasteiger partial charge in [-0.15, -0.1) is 24.0 Å². The topological polar surface area (TPSA) is 48.9 Å². The maximum Gasteiger partial charge on any atom is 0.416 e. The molecule has 1 aliphatic rings. The van der Waals surface area contributed by atoms with Crippen LogP contribution in [0.4, 0.5) is 13.2 Å². The van der Waals surface area contributed by atoms with Crippen molar-refractivity contribution in [2.45, 2.75) is 32.7 Å². The first-order chi connectivity index (χ1) is 12.8. The lowest BCUT2D eigenvalue weighted by molar-refractivity contribution is -0.137. The highest BCUT2D eigenvalue weighted by molar-refractivity contribution is 14.0. The summed E-state index contributed by atoms with van der Waals surface area (Å²) in [5.41, 5.74) is 0.108. The lowest BCUT2D eigenvalue weighted by atomic mass is 10.1. The van der Waals surface area contributed by atoms with Gasteiger partial charge in [0.1, 0.15) is 0 Å². The fraction of sp³-hybridized carbons (Fsp3) is 0.632. The Bertz CT molecular complexity index is 608. The van der Waals surface area contributed by atoms with Crippen LogP contribution in [0.2, 0.25) is 0 Å². The minimum Gasteiger partial charge on any atom is -0.374 e. The maximum absolute atomic E-state index is 12.6. The van der Waals surface area contributed by atoms with E-state index in [0.29, 0.717) is 25.0 Å². The molecule has 0 spiro atoms. The summed E-state index contributed by atoms with van der Waals surface area (Å²) in [4.78, 5) is 6.56. The molecule has 1 saturated heterocycles. The number of hydrogen-bond donors (Lipinski definition) is 2. The van der Waals surface area contributed by atoms with Gasteiger partial charge in [0.15, 0.2) is 5.96 Å². The largest absolute Gasteiger partial charge is 0.416 e. The number of morpholine rings is 1. The molecule has 0 saturated carbocycles. The smallest absolute Gasteiger partial charge is 0.374 e. The third kappa shape index (κ3) is 8.52. The molecule has 0 amide bonds. The third-order valence-electron chi connectivity index (χ3n) is 4.31. The van der Waals surface area contributed by atoms with Crippen LogP contribution in [0, 0.1) is 5.92 Å². The van der Waals surface area contributed by atoms with Gasteiger partial charge in [0.05, 0.1) is 18.3 Å². The Morgan fingerprint density at radius 1 is 1.25 bits per heavy atom. The number of alkyl halides is 3. The van der Waals surface area contributed by atoms with Gasteiger partial charge in [-0.25, -0.2) is 0 Å². The summed E-state index contributed by atoms with van der Waals surface area (Å²) in [7, 11) is 1.66. The number of halogens is 4. The van der Waals surface area contributed by atoms with Crippen molar-refractivity contribution < 1.29 is 17.9 Å². The maximum atomic E-state index is 12.6. The van der Waals surface area contributed by atoms with Gasteiger partial charge < -0.3 is 15.4 Å². The average Bonchev–Trinajstić information content (AvgIpc) is 2.61. The number of nitrogens with one attached hydrogen (secondary N) is 2. The van der Waals surface area contributed by atoms with Gasteiger partial charge in [-0.1, -0.05) is 26.0 Å². The molecule has 160 valence electrons. The Hall–Kier alpha value is -1.07. The van der Waals surface area contributed by atoms with Crippen molar-refractivity contribution >= 4 is 29.9 Å². The highest BCUT2D eigenvalue weighted by Crippen LogP contribution is 2.29. The number of guanidine groups is 1. The zero-order valence-corrected chi connectivity index (χ0v) is 18.9. The molecule has 1 aromatic rings. The lowest BCUT2D eigenvalue weighted by Gasteiger charge is -2.34. The second-order valence-electron chi connectivity index (χ2n) is 7.15. The molecule has 2 rings (SSSR count). The van der Waals surface area contributed by atoms with Gasteiger partial charge in [-0.3, -0.25) is 9.89 Å². The molecule has 1 fully saturated rings. The monoisotopic (exact) mass is 514 g/mol. The van der Waals surface area contributed by atoms with E-state index in [9.17, 15) is 13.2 Å². The van der Waals surface area contributed by atoms with Crippen LogP contribution in [0.5, 0.6) is 0 Å². The average molecular weight is 514 g/mol. The number of aliphatic imine (C=N–C) groups is 1. The van der Waals surface area contributed by atoms with Crippen molar-refractivity contribution in [1.82, 2.24) is 15.5 Å². The second kappa shape index (κ2) is 11.8. The SMILES string of the molecule is CN=C(NCc1ccc(C(F)(F)F)cc1)NCC1CN(CC(C)C)CCO1.I. The van der Waals surface area contributed by atoms with Crippen molar-refractivity contribution in [2.75, 3.05) is 39.8 Å². The molecule has 1 unspecified atom stereocenters. The lowest BCUT2D eigenvalue weighted by Crippen LogP contribution is -2.50. The van der Waals surface area contributed by atoms with Crippen LogP contribution in [0.25, 0.3) is 0 Å².